The lowest BCUT2D eigenvalue weighted by Gasteiger charge is -2.35. The van der Waals surface area contributed by atoms with Gasteiger partial charge in [0.15, 0.2) is 11.5 Å². The number of piperidine rings is 1. The van der Waals surface area contributed by atoms with Gasteiger partial charge in [0.1, 0.15) is 11.4 Å². The van der Waals surface area contributed by atoms with Crippen LogP contribution >= 0.6 is 0 Å². The molecule has 0 saturated carbocycles. The number of ether oxygens (including phenoxy) is 1. The van der Waals surface area contributed by atoms with Crippen molar-refractivity contribution in [3.8, 4) is 17.2 Å². The highest BCUT2D eigenvalue weighted by atomic mass is 16.6. The first-order valence-electron chi connectivity index (χ1n) is 14.6. The molecule has 11 nitrogen and oxygen atoms in total. The molecule has 0 amide bonds. The Balaban J connectivity index is 1.31. The third kappa shape index (κ3) is 5.52. The fraction of sp³-hybridized carbons (Fsp3) is 0.333. The molecule has 1 saturated heterocycles. The van der Waals surface area contributed by atoms with E-state index in [2.05, 4.69) is 44.9 Å². The molecule has 1 N–H and O–H groups in total. The van der Waals surface area contributed by atoms with Gasteiger partial charge in [-0.05, 0) is 84.1 Å². The summed E-state index contributed by atoms with van der Waals surface area (Å²) < 4.78 is 6.93. The second kappa shape index (κ2) is 11.2. The minimum absolute atomic E-state index is 0.166. The van der Waals surface area contributed by atoms with Crippen LogP contribution in [-0.4, -0.2) is 80.1 Å². The summed E-state index contributed by atoms with van der Waals surface area (Å²) in [5.41, 5.74) is 2.88. The van der Waals surface area contributed by atoms with Gasteiger partial charge in [0.05, 0.1) is 28.9 Å². The Morgan fingerprint density at radius 3 is 2.52 bits per heavy atom. The average molecular weight is 591 g/mol. The fourth-order valence-corrected chi connectivity index (χ4v) is 5.66. The van der Waals surface area contributed by atoms with E-state index in [1.807, 2.05) is 12.1 Å². The molecule has 4 aromatic heterocycles. The van der Waals surface area contributed by atoms with Crippen LogP contribution in [0.2, 0.25) is 0 Å². The molecule has 0 radical (unpaired) electrons. The minimum atomic E-state index is -0.668. The Morgan fingerprint density at radius 2 is 1.82 bits per heavy atom. The van der Waals surface area contributed by atoms with Gasteiger partial charge < -0.3 is 19.5 Å². The van der Waals surface area contributed by atoms with E-state index in [0.717, 1.165) is 31.7 Å². The summed E-state index contributed by atoms with van der Waals surface area (Å²) in [4.78, 5) is 47.8. The van der Waals surface area contributed by atoms with Crippen molar-refractivity contribution in [1.29, 1.82) is 5.26 Å². The predicted octanol–water partition coefficient (Wildman–Crippen LogP) is 5.39. The van der Waals surface area contributed by atoms with Crippen LogP contribution in [0, 0.1) is 11.3 Å². The third-order valence-electron chi connectivity index (χ3n) is 7.96. The van der Waals surface area contributed by atoms with Crippen molar-refractivity contribution in [3.63, 3.8) is 0 Å². The lowest BCUT2D eigenvalue weighted by Crippen LogP contribution is -2.42. The van der Waals surface area contributed by atoms with Crippen molar-refractivity contribution < 1.29 is 14.3 Å². The number of rotatable bonds is 5. The molecule has 224 valence electrons. The Bertz CT molecular complexity index is 1930. The number of fused-ring (bicyclic) bond motifs is 2. The standard InChI is InChI=1S/C33H34N8O3/c1-33(2,3)44-32(43)41-15-12-23-25(18-35-19-27(23)41)24-16-20(6-7-21(24)17-34)29(42)31-36-26-8-9-28(37-30(26)38-31)40-13-10-22(11-14-40)39(4)5/h6-9,12,15-16,18-19,22H,10-11,13-14H2,1-5H3,(H,36,37,38). The number of nitrogens with zero attached hydrogens (tertiary/aromatic N) is 7. The largest absolute Gasteiger partial charge is 0.443 e. The Hall–Kier alpha value is -5.08. The zero-order valence-corrected chi connectivity index (χ0v) is 25.5. The summed E-state index contributed by atoms with van der Waals surface area (Å²) >= 11 is 0. The second-order valence-electron chi connectivity index (χ2n) is 12.3. The predicted molar refractivity (Wildman–Crippen MR) is 168 cm³/mol. The molecule has 1 fully saturated rings. The summed E-state index contributed by atoms with van der Waals surface area (Å²) in [6, 6.07) is 13.3. The first kappa shape index (κ1) is 29.0. The lowest BCUT2D eigenvalue weighted by atomic mass is 9.95. The van der Waals surface area contributed by atoms with Crippen LogP contribution in [0.15, 0.2) is 55.0 Å². The number of benzene rings is 1. The van der Waals surface area contributed by atoms with Crippen molar-refractivity contribution in [2.45, 2.75) is 45.3 Å². The number of ketones is 1. The Kier molecular flexibility index (Phi) is 7.39. The third-order valence-corrected chi connectivity index (χ3v) is 7.96. The maximum Gasteiger partial charge on any atom is 0.419 e. The number of hydrogen-bond acceptors (Lipinski definition) is 9. The van der Waals surface area contributed by atoms with Gasteiger partial charge in [-0.15, -0.1) is 0 Å². The molecule has 5 aromatic rings. The number of H-pyrrole nitrogens is 1. The highest BCUT2D eigenvalue weighted by Crippen LogP contribution is 2.32. The van der Waals surface area contributed by atoms with Crippen LogP contribution in [0.4, 0.5) is 10.6 Å². The smallest absolute Gasteiger partial charge is 0.419 e. The monoisotopic (exact) mass is 590 g/mol. The van der Waals surface area contributed by atoms with E-state index in [9.17, 15) is 14.9 Å². The lowest BCUT2D eigenvalue weighted by molar-refractivity contribution is 0.0544. The van der Waals surface area contributed by atoms with E-state index in [1.165, 1.54) is 4.57 Å². The molecule has 44 heavy (non-hydrogen) atoms. The van der Waals surface area contributed by atoms with Gasteiger partial charge in [0, 0.05) is 53.6 Å². The van der Waals surface area contributed by atoms with Crippen molar-refractivity contribution >= 4 is 39.8 Å². The molecule has 6 rings (SSSR count). The molecule has 0 spiro atoms. The summed E-state index contributed by atoms with van der Waals surface area (Å²) in [5.74, 6) is 0.687. The maximum atomic E-state index is 13.7. The number of pyridine rings is 2. The Morgan fingerprint density at radius 1 is 1.05 bits per heavy atom. The molecule has 5 heterocycles. The van der Waals surface area contributed by atoms with Gasteiger partial charge in [-0.25, -0.2) is 14.8 Å². The van der Waals surface area contributed by atoms with Gasteiger partial charge in [0.2, 0.25) is 5.78 Å². The molecule has 0 bridgehead atoms. The van der Waals surface area contributed by atoms with E-state index in [4.69, 9.17) is 9.72 Å². The second-order valence-corrected chi connectivity index (χ2v) is 12.3. The first-order valence-corrected chi connectivity index (χ1v) is 14.6. The fourth-order valence-electron chi connectivity index (χ4n) is 5.66. The van der Waals surface area contributed by atoms with E-state index in [-0.39, 0.29) is 11.6 Å². The number of carbonyl (C=O) groups is 2. The molecule has 0 unspecified atom stereocenters. The molecule has 0 aliphatic carbocycles. The first-order chi connectivity index (χ1) is 21.0. The molecule has 1 aromatic carbocycles. The van der Waals surface area contributed by atoms with E-state index >= 15 is 0 Å². The number of carbonyl (C=O) groups excluding carboxylic acids is 2. The maximum absolute atomic E-state index is 13.7. The molecule has 0 atom stereocenters. The molecular weight excluding hydrogens is 556 g/mol. The topological polar surface area (TPSA) is 133 Å². The summed E-state index contributed by atoms with van der Waals surface area (Å²) in [7, 11) is 4.23. The van der Waals surface area contributed by atoms with Gasteiger partial charge in [0.25, 0.3) is 0 Å². The highest BCUT2D eigenvalue weighted by Gasteiger charge is 2.24. The van der Waals surface area contributed by atoms with E-state index in [0.29, 0.717) is 50.4 Å². The van der Waals surface area contributed by atoms with Gasteiger partial charge in [-0.1, -0.05) is 0 Å². The van der Waals surface area contributed by atoms with Crippen molar-refractivity contribution in [1.82, 2.24) is 29.4 Å². The number of nitriles is 1. The summed E-state index contributed by atoms with van der Waals surface area (Å²) in [6.07, 6.45) is 6.41. The van der Waals surface area contributed by atoms with Gasteiger partial charge in [-0.2, -0.15) is 5.26 Å². The van der Waals surface area contributed by atoms with Crippen LogP contribution in [-0.2, 0) is 4.74 Å². The molecule has 11 heteroatoms. The molecule has 1 aliphatic rings. The zero-order valence-electron chi connectivity index (χ0n) is 25.5. The number of anilines is 1. The van der Waals surface area contributed by atoms with Crippen LogP contribution in [0.3, 0.4) is 0 Å². The molecule has 1 aliphatic heterocycles. The van der Waals surface area contributed by atoms with E-state index in [1.54, 1.807) is 63.6 Å². The van der Waals surface area contributed by atoms with Crippen molar-refractivity contribution in [3.05, 3.63) is 71.9 Å². The average Bonchev–Trinajstić information content (AvgIpc) is 3.64. The summed E-state index contributed by atoms with van der Waals surface area (Å²) in [6.45, 7) is 7.22. The van der Waals surface area contributed by atoms with Gasteiger partial charge >= 0.3 is 6.09 Å². The molecular formula is C33H34N8O3. The summed E-state index contributed by atoms with van der Waals surface area (Å²) in [5, 5.41) is 10.6. The van der Waals surface area contributed by atoms with E-state index < -0.39 is 11.7 Å². The van der Waals surface area contributed by atoms with Gasteiger partial charge in [-0.3, -0.25) is 14.3 Å². The quantitative estimate of drug-likeness (QED) is 0.267. The zero-order chi connectivity index (χ0) is 31.2. The van der Waals surface area contributed by atoms with Crippen LogP contribution < -0.4 is 4.90 Å². The number of hydrogen-bond donors (Lipinski definition) is 1. The number of nitrogens with one attached hydrogen (secondary N) is 1. The minimum Gasteiger partial charge on any atom is -0.443 e. The van der Waals surface area contributed by atoms with Crippen molar-refractivity contribution in [2.75, 3.05) is 32.1 Å². The number of aromatic nitrogens is 5. The van der Waals surface area contributed by atoms with Crippen LogP contribution in [0.1, 0.15) is 55.4 Å². The van der Waals surface area contributed by atoms with Crippen LogP contribution in [0.5, 0.6) is 0 Å². The SMILES string of the molecule is CN(C)C1CCN(c2ccc3[nH]c(C(=O)c4ccc(C#N)c(-c5cncc6c5ccn6C(=O)OC(C)(C)C)c4)nc3n2)CC1. The van der Waals surface area contributed by atoms with Crippen molar-refractivity contribution in [2.24, 2.45) is 0 Å². The Labute approximate surface area is 255 Å². The normalized spacial score (nSPS) is 14.3. The number of aromatic amines is 1. The van der Waals surface area contributed by atoms with Crippen LogP contribution in [0.25, 0.3) is 33.2 Å². The number of imidazole rings is 1. The highest BCUT2D eigenvalue weighted by molar-refractivity contribution is 6.09.